The summed E-state index contributed by atoms with van der Waals surface area (Å²) in [5.74, 6) is -0.828. The molecule has 0 unspecified atom stereocenters. The highest BCUT2D eigenvalue weighted by molar-refractivity contribution is 9.10. The molecule has 98 valence electrons. The maximum Gasteiger partial charge on any atom is 0.258 e. The molecule has 6 heteroatoms. The van der Waals surface area contributed by atoms with E-state index in [9.17, 15) is 9.18 Å². The molecule has 4 nitrogen and oxygen atoms in total. The molecule has 0 spiro atoms. The molecule has 19 heavy (non-hydrogen) atoms. The van der Waals surface area contributed by atoms with Gasteiger partial charge in [0.2, 0.25) is 0 Å². The molecule has 0 atom stereocenters. The number of rotatable bonds is 2. The van der Waals surface area contributed by atoms with Gasteiger partial charge in [-0.2, -0.15) is 0 Å². The Hall–Kier alpha value is -1.95. The predicted octanol–water partition coefficient (Wildman–Crippen LogP) is 2.84. The molecule has 2 rings (SSSR count). The Morgan fingerprint density at radius 3 is 2.79 bits per heavy atom. The van der Waals surface area contributed by atoms with Crippen LogP contribution in [0.25, 0.3) is 0 Å². The van der Waals surface area contributed by atoms with Crippen molar-refractivity contribution >= 4 is 33.2 Å². The highest BCUT2D eigenvalue weighted by atomic mass is 79.9. The first-order valence-corrected chi connectivity index (χ1v) is 6.22. The van der Waals surface area contributed by atoms with Gasteiger partial charge < -0.3 is 10.6 Å². The number of hydrogen-bond acceptors (Lipinski definition) is 3. The largest absolute Gasteiger partial charge is 0.396 e. The number of carbonyl (C=O) groups is 1. The molecule has 1 amide bonds. The average Bonchev–Trinajstić information content (AvgIpc) is 2.41. The molecule has 2 aromatic rings. The van der Waals surface area contributed by atoms with Gasteiger partial charge >= 0.3 is 0 Å². The summed E-state index contributed by atoms with van der Waals surface area (Å²) in [5.41, 5.74) is 6.92. The number of benzene rings is 1. The number of pyridine rings is 1. The molecule has 1 aromatic heterocycles. The molecule has 0 bridgehead atoms. The monoisotopic (exact) mass is 323 g/mol. The van der Waals surface area contributed by atoms with Crippen molar-refractivity contribution in [1.29, 1.82) is 0 Å². The summed E-state index contributed by atoms with van der Waals surface area (Å²) in [6, 6.07) is 5.85. The van der Waals surface area contributed by atoms with Crippen LogP contribution in [0.15, 0.2) is 41.1 Å². The average molecular weight is 324 g/mol. The first-order chi connectivity index (χ1) is 9.00. The third kappa shape index (κ3) is 2.73. The first-order valence-electron chi connectivity index (χ1n) is 5.43. The molecular formula is C13H11BrFN3O. The fourth-order valence-electron chi connectivity index (χ4n) is 1.64. The molecular weight excluding hydrogens is 313 g/mol. The van der Waals surface area contributed by atoms with E-state index in [-0.39, 0.29) is 11.5 Å². The second kappa shape index (κ2) is 5.36. The highest BCUT2D eigenvalue weighted by Gasteiger charge is 2.16. The minimum absolute atomic E-state index is 0.249. The number of amides is 1. The summed E-state index contributed by atoms with van der Waals surface area (Å²) < 4.78 is 13.7. The van der Waals surface area contributed by atoms with Crippen molar-refractivity contribution in [3.8, 4) is 0 Å². The van der Waals surface area contributed by atoms with Crippen LogP contribution < -0.4 is 10.6 Å². The predicted molar refractivity (Wildman–Crippen MR) is 75.5 cm³/mol. The topological polar surface area (TPSA) is 59.2 Å². The van der Waals surface area contributed by atoms with E-state index in [0.717, 1.165) is 0 Å². The lowest BCUT2D eigenvalue weighted by Gasteiger charge is -2.19. The van der Waals surface area contributed by atoms with E-state index in [2.05, 4.69) is 20.9 Å². The Morgan fingerprint density at radius 2 is 2.16 bits per heavy atom. The lowest BCUT2D eigenvalue weighted by Crippen LogP contribution is -2.27. The molecule has 1 heterocycles. The van der Waals surface area contributed by atoms with Gasteiger partial charge in [-0.3, -0.25) is 9.78 Å². The van der Waals surface area contributed by atoms with Crippen LogP contribution in [0.4, 0.5) is 15.8 Å². The van der Waals surface area contributed by atoms with Crippen LogP contribution in [0.5, 0.6) is 0 Å². The summed E-state index contributed by atoms with van der Waals surface area (Å²) in [7, 11) is 1.58. The molecule has 0 saturated carbocycles. The van der Waals surface area contributed by atoms with Crippen LogP contribution in [0, 0.1) is 5.82 Å². The van der Waals surface area contributed by atoms with E-state index in [0.29, 0.717) is 15.8 Å². The lowest BCUT2D eigenvalue weighted by molar-refractivity contribution is 0.0992. The van der Waals surface area contributed by atoms with E-state index in [1.54, 1.807) is 19.2 Å². The van der Waals surface area contributed by atoms with E-state index in [4.69, 9.17) is 5.73 Å². The van der Waals surface area contributed by atoms with E-state index in [1.807, 2.05) is 0 Å². The second-order valence-corrected chi connectivity index (χ2v) is 4.78. The third-order valence-corrected chi connectivity index (χ3v) is 3.30. The molecule has 1 aromatic carbocycles. The van der Waals surface area contributed by atoms with Crippen molar-refractivity contribution in [3.05, 3.63) is 52.5 Å². The Balaban J connectivity index is 2.34. The summed E-state index contributed by atoms with van der Waals surface area (Å²) in [4.78, 5) is 17.4. The van der Waals surface area contributed by atoms with Crippen molar-refractivity contribution in [1.82, 2.24) is 4.98 Å². The molecule has 0 radical (unpaired) electrons. The fraction of sp³-hybridized carbons (Fsp3) is 0.0769. The van der Waals surface area contributed by atoms with Crippen molar-refractivity contribution in [3.63, 3.8) is 0 Å². The van der Waals surface area contributed by atoms with Gasteiger partial charge in [-0.25, -0.2) is 4.39 Å². The van der Waals surface area contributed by atoms with E-state index in [1.165, 1.54) is 29.4 Å². The fourth-order valence-corrected chi connectivity index (χ4v) is 1.88. The SMILES string of the molecule is CN(C(=O)c1ccc(Br)c(F)c1)c1ccncc1N. The van der Waals surface area contributed by atoms with Crippen LogP contribution in [-0.2, 0) is 0 Å². The van der Waals surface area contributed by atoms with Gasteiger partial charge in [-0.1, -0.05) is 0 Å². The van der Waals surface area contributed by atoms with Crippen LogP contribution in [0.1, 0.15) is 10.4 Å². The number of nitrogens with two attached hydrogens (primary N) is 1. The Labute approximate surface area is 118 Å². The van der Waals surface area contributed by atoms with E-state index >= 15 is 0 Å². The second-order valence-electron chi connectivity index (χ2n) is 3.93. The number of nitrogen functional groups attached to an aromatic ring is 1. The van der Waals surface area contributed by atoms with Gasteiger partial charge in [0.25, 0.3) is 5.91 Å². The summed E-state index contributed by atoms with van der Waals surface area (Å²) >= 11 is 3.04. The van der Waals surface area contributed by atoms with Crippen LogP contribution in [0.3, 0.4) is 0 Å². The first kappa shape index (κ1) is 13.5. The quantitative estimate of drug-likeness (QED) is 0.924. The number of hydrogen-bond donors (Lipinski definition) is 1. The minimum Gasteiger partial charge on any atom is -0.396 e. The Bertz CT molecular complexity index is 633. The normalized spacial score (nSPS) is 10.3. The highest BCUT2D eigenvalue weighted by Crippen LogP contribution is 2.23. The number of halogens is 2. The van der Waals surface area contributed by atoms with Gasteiger partial charge in [0, 0.05) is 18.8 Å². The van der Waals surface area contributed by atoms with Crippen molar-refractivity contribution in [2.75, 3.05) is 17.7 Å². The van der Waals surface area contributed by atoms with Crippen LogP contribution in [0.2, 0.25) is 0 Å². The molecule has 0 aliphatic heterocycles. The van der Waals surface area contributed by atoms with Gasteiger partial charge in [-0.15, -0.1) is 0 Å². The van der Waals surface area contributed by atoms with Gasteiger partial charge in [-0.05, 0) is 40.2 Å². The number of anilines is 2. The van der Waals surface area contributed by atoms with Gasteiger partial charge in [0.1, 0.15) is 5.82 Å². The molecule has 0 saturated heterocycles. The summed E-state index contributed by atoms with van der Waals surface area (Å²) in [6.07, 6.45) is 3.00. The third-order valence-electron chi connectivity index (χ3n) is 2.66. The summed E-state index contributed by atoms with van der Waals surface area (Å²) in [6.45, 7) is 0. The van der Waals surface area contributed by atoms with E-state index < -0.39 is 5.82 Å². The molecule has 0 aliphatic rings. The van der Waals surface area contributed by atoms with Crippen molar-refractivity contribution in [2.24, 2.45) is 0 Å². The van der Waals surface area contributed by atoms with Gasteiger partial charge in [0.05, 0.1) is 22.0 Å². The lowest BCUT2D eigenvalue weighted by atomic mass is 10.2. The number of nitrogens with zero attached hydrogens (tertiary/aromatic N) is 2. The Kier molecular flexibility index (Phi) is 3.80. The summed E-state index contributed by atoms with van der Waals surface area (Å²) in [5, 5.41) is 0. The molecule has 2 N–H and O–H groups in total. The molecule has 0 aliphatic carbocycles. The van der Waals surface area contributed by atoms with Crippen molar-refractivity contribution < 1.29 is 9.18 Å². The van der Waals surface area contributed by atoms with Crippen LogP contribution in [-0.4, -0.2) is 17.9 Å². The maximum absolute atomic E-state index is 13.4. The minimum atomic E-state index is -0.484. The zero-order valence-electron chi connectivity index (χ0n) is 10.1. The zero-order valence-corrected chi connectivity index (χ0v) is 11.7. The standard InChI is InChI=1S/C13H11BrFN3O/c1-18(12-4-5-17-7-11(12)16)13(19)8-2-3-9(14)10(15)6-8/h2-7H,16H2,1H3. The van der Waals surface area contributed by atoms with Crippen molar-refractivity contribution in [2.45, 2.75) is 0 Å². The molecule has 0 fully saturated rings. The smallest absolute Gasteiger partial charge is 0.258 e. The van der Waals surface area contributed by atoms with Crippen LogP contribution >= 0.6 is 15.9 Å². The van der Waals surface area contributed by atoms with Gasteiger partial charge in [0.15, 0.2) is 0 Å². The zero-order chi connectivity index (χ0) is 14.0. The number of aromatic nitrogens is 1. The number of carbonyl (C=O) groups excluding carboxylic acids is 1. The Morgan fingerprint density at radius 1 is 1.42 bits per heavy atom. The maximum atomic E-state index is 13.4.